The smallest absolute Gasteiger partial charge is 0.122 e. The Hall–Kier alpha value is -1.31. The lowest BCUT2D eigenvalue weighted by atomic mass is 10.3. The van der Waals surface area contributed by atoms with Gasteiger partial charge in [0.05, 0.1) is 23.7 Å². The molecular formula is C12H19N5OS. The van der Waals surface area contributed by atoms with Crippen LogP contribution in [-0.4, -0.2) is 44.8 Å². The number of ether oxygens (including phenoxy) is 1. The molecule has 0 aromatic carbocycles. The number of aryl methyl sites for hydroxylation is 1. The lowest BCUT2D eigenvalue weighted by Gasteiger charge is -2.16. The third-order valence-electron chi connectivity index (χ3n) is 2.91. The molecule has 0 bridgehead atoms. The van der Waals surface area contributed by atoms with E-state index in [0.717, 1.165) is 31.2 Å². The van der Waals surface area contributed by atoms with Crippen molar-refractivity contribution in [1.82, 2.24) is 24.0 Å². The first-order valence-corrected chi connectivity index (χ1v) is 6.93. The summed E-state index contributed by atoms with van der Waals surface area (Å²) in [5, 5.41) is 4.03. The summed E-state index contributed by atoms with van der Waals surface area (Å²) in [5.74, 6) is 1.05. The van der Waals surface area contributed by atoms with Crippen molar-refractivity contribution in [3.63, 3.8) is 0 Å². The molecule has 2 heterocycles. The van der Waals surface area contributed by atoms with Gasteiger partial charge in [-0.25, -0.2) is 4.98 Å². The van der Waals surface area contributed by atoms with Gasteiger partial charge < -0.3 is 9.30 Å². The van der Waals surface area contributed by atoms with Gasteiger partial charge in [0.2, 0.25) is 0 Å². The van der Waals surface area contributed by atoms with Gasteiger partial charge in [-0.15, -0.1) is 5.10 Å². The molecule has 2 aromatic rings. The van der Waals surface area contributed by atoms with E-state index in [1.54, 1.807) is 7.11 Å². The summed E-state index contributed by atoms with van der Waals surface area (Å²) in [4.78, 5) is 7.82. The van der Waals surface area contributed by atoms with Crippen molar-refractivity contribution >= 4 is 11.5 Å². The zero-order valence-electron chi connectivity index (χ0n) is 11.5. The number of aromatic nitrogens is 4. The molecule has 0 saturated carbocycles. The van der Waals surface area contributed by atoms with Crippen molar-refractivity contribution in [3.8, 4) is 0 Å². The molecule has 0 radical (unpaired) electrons. The molecule has 2 aromatic heterocycles. The molecule has 0 aliphatic rings. The van der Waals surface area contributed by atoms with Gasteiger partial charge in [0, 0.05) is 32.6 Å². The summed E-state index contributed by atoms with van der Waals surface area (Å²) < 4.78 is 11.2. The summed E-state index contributed by atoms with van der Waals surface area (Å²) >= 11 is 1.46. The Morgan fingerprint density at radius 3 is 2.95 bits per heavy atom. The second-order valence-corrected chi connectivity index (χ2v) is 5.32. The normalized spacial score (nSPS) is 11.4. The largest absolute Gasteiger partial charge is 0.383 e. The van der Waals surface area contributed by atoms with Crippen molar-refractivity contribution in [2.24, 2.45) is 0 Å². The second-order valence-electron chi connectivity index (χ2n) is 4.48. The van der Waals surface area contributed by atoms with Gasteiger partial charge in [0.15, 0.2) is 0 Å². The monoisotopic (exact) mass is 281 g/mol. The summed E-state index contributed by atoms with van der Waals surface area (Å²) in [6.45, 7) is 5.17. The number of nitrogens with zero attached hydrogens (tertiary/aromatic N) is 5. The standard InChI is InChI=1S/C12H19N5OS/c1-10-11(19-15-14-10)8-16(2)9-12-13-4-5-17(12)6-7-18-3/h4-5H,6-9H2,1-3H3. The highest BCUT2D eigenvalue weighted by Crippen LogP contribution is 2.13. The van der Waals surface area contributed by atoms with Crippen LogP contribution in [0.1, 0.15) is 16.4 Å². The molecule has 2 rings (SSSR count). The average Bonchev–Trinajstić information content (AvgIpc) is 2.97. The first kappa shape index (κ1) is 14.1. The van der Waals surface area contributed by atoms with Crippen molar-refractivity contribution in [1.29, 1.82) is 0 Å². The number of imidazole rings is 1. The van der Waals surface area contributed by atoms with E-state index in [9.17, 15) is 0 Å². The lowest BCUT2D eigenvalue weighted by molar-refractivity contribution is 0.184. The van der Waals surface area contributed by atoms with Crippen LogP contribution in [-0.2, 0) is 24.4 Å². The average molecular weight is 281 g/mol. The molecule has 7 heteroatoms. The molecule has 19 heavy (non-hydrogen) atoms. The van der Waals surface area contributed by atoms with Gasteiger partial charge >= 0.3 is 0 Å². The van der Waals surface area contributed by atoms with Crippen molar-refractivity contribution < 1.29 is 4.74 Å². The Kier molecular flexibility index (Phi) is 5.00. The van der Waals surface area contributed by atoms with Crippen LogP contribution in [0.2, 0.25) is 0 Å². The lowest BCUT2D eigenvalue weighted by Crippen LogP contribution is -2.20. The Labute approximate surface area is 117 Å². The van der Waals surface area contributed by atoms with E-state index in [1.807, 2.05) is 19.3 Å². The van der Waals surface area contributed by atoms with Crippen LogP contribution >= 0.6 is 11.5 Å². The zero-order valence-corrected chi connectivity index (χ0v) is 12.4. The Morgan fingerprint density at radius 2 is 2.26 bits per heavy atom. The number of rotatable bonds is 7. The van der Waals surface area contributed by atoms with Crippen LogP contribution in [0.4, 0.5) is 0 Å². The van der Waals surface area contributed by atoms with Crippen LogP contribution in [0.3, 0.4) is 0 Å². The van der Waals surface area contributed by atoms with E-state index in [1.165, 1.54) is 16.4 Å². The van der Waals surface area contributed by atoms with Crippen LogP contribution in [0.15, 0.2) is 12.4 Å². The van der Waals surface area contributed by atoms with Crippen LogP contribution < -0.4 is 0 Å². The van der Waals surface area contributed by atoms with Crippen LogP contribution in [0.5, 0.6) is 0 Å². The molecule has 0 saturated heterocycles. The fourth-order valence-electron chi connectivity index (χ4n) is 1.82. The summed E-state index contributed by atoms with van der Waals surface area (Å²) in [6, 6.07) is 0. The Morgan fingerprint density at radius 1 is 1.42 bits per heavy atom. The Balaban J connectivity index is 1.93. The first-order valence-electron chi connectivity index (χ1n) is 6.16. The topological polar surface area (TPSA) is 56.1 Å². The molecule has 0 spiro atoms. The minimum absolute atomic E-state index is 0.699. The number of hydrogen-bond donors (Lipinski definition) is 0. The molecule has 0 fully saturated rings. The fraction of sp³-hybridized carbons (Fsp3) is 0.583. The van der Waals surface area contributed by atoms with E-state index >= 15 is 0 Å². The van der Waals surface area contributed by atoms with E-state index in [-0.39, 0.29) is 0 Å². The van der Waals surface area contributed by atoms with Crippen LogP contribution in [0.25, 0.3) is 0 Å². The van der Waals surface area contributed by atoms with Crippen molar-refractivity contribution in [3.05, 3.63) is 28.8 Å². The van der Waals surface area contributed by atoms with Gasteiger partial charge in [-0.1, -0.05) is 4.49 Å². The summed E-state index contributed by atoms with van der Waals surface area (Å²) in [5.41, 5.74) is 1.01. The summed E-state index contributed by atoms with van der Waals surface area (Å²) in [7, 11) is 3.79. The minimum Gasteiger partial charge on any atom is -0.383 e. The quantitative estimate of drug-likeness (QED) is 0.766. The maximum Gasteiger partial charge on any atom is 0.122 e. The van der Waals surface area contributed by atoms with Crippen LogP contribution in [0, 0.1) is 6.92 Å². The predicted octanol–water partition coefficient (Wildman–Crippen LogP) is 1.32. The molecule has 0 amide bonds. The minimum atomic E-state index is 0.699. The van der Waals surface area contributed by atoms with E-state index in [0.29, 0.717) is 6.61 Å². The van der Waals surface area contributed by atoms with Gasteiger partial charge in [0.25, 0.3) is 0 Å². The molecule has 0 unspecified atom stereocenters. The van der Waals surface area contributed by atoms with E-state index in [2.05, 4.69) is 31.1 Å². The molecule has 6 nitrogen and oxygen atoms in total. The molecule has 0 atom stereocenters. The highest BCUT2D eigenvalue weighted by molar-refractivity contribution is 7.05. The highest BCUT2D eigenvalue weighted by atomic mass is 32.1. The van der Waals surface area contributed by atoms with E-state index < -0.39 is 0 Å². The van der Waals surface area contributed by atoms with Gasteiger partial charge in [-0.05, 0) is 25.5 Å². The van der Waals surface area contributed by atoms with Gasteiger partial charge in [-0.2, -0.15) is 0 Å². The Bertz CT molecular complexity index is 510. The maximum absolute atomic E-state index is 5.10. The molecular weight excluding hydrogens is 262 g/mol. The zero-order chi connectivity index (χ0) is 13.7. The number of hydrogen-bond acceptors (Lipinski definition) is 6. The third kappa shape index (κ3) is 3.82. The molecule has 104 valence electrons. The molecule has 0 aliphatic carbocycles. The van der Waals surface area contributed by atoms with Crippen molar-refractivity contribution in [2.75, 3.05) is 20.8 Å². The predicted molar refractivity (Wildman–Crippen MR) is 73.9 cm³/mol. The first-order chi connectivity index (χ1) is 9.20. The van der Waals surface area contributed by atoms with E-state index in [4.69, 9.17) is 4.74 Å². The second kappa shape index (κ2) is 6.74. The SMILES string of the molecule is COCCn1ccnc1CN(C)Cc1snnc1C. The maximum atomic E-state index is 5.10. The van der Waals surface area contributed by atoms with Gasteiger partial charge in [-0.3, -0.25) is 4.90 Å². The fourth-order valence-corrected chi connectivity index (χ4v) is 2.54. The summed E-state index contributed by atoms with van der Waals surface area (Å²) in [6.07, 6.45) is 3.82. The van der Waals surface area contributed by atoms with Crippen molar-refractivity contribution in [2.45, 2.75) is 26.6 Å². The highest BCUT2D eigenvalue weighted by Gasteiger charge is 2.10. The third-order valence-corrected chi connectivity index (χ3v) is 3.72. The molecule has 0 N–H and O–H groups in total. The molecule has 0 aliphatic heterocycles. The van der Waals surface area contributed by atoms with Gasteiger partial charge in [0.1, 0.15) is 5.82 Å². The number of methoxy groups -OCH3 is 1.